The van der Waals surface area contributed by atoms with Gasteiger partial charge in [-0.05, 0) is 27.1 Å². The summed E-state index contributed by atoms with van der Waals surface area (Å²) in [7, 11) is 7.86. The minimum Gasteiger partial charge on any atom is -0.357 e. The molecule has 2 heterocycles. The maximum absolute atomic E-state index is 4.43. The van der Waals surface area contributed by atoms with Gasteiger partial charge in [0.25, 0.3) is 5.95 Å². The zero-order valence-corrected chi connectivity index (χ0v) is 12.9. The Morgan fingerprint density at radius 2 is 1.95 bits per heavy atom. The topological polar surface area (TPSA) is 87.9 Å². The summed E-state index contributed by atoms with van der Waals surface area (Å²) < 4.78 is 1.51. The maximum atomic E-state index is 4.43. The minimum absolute atomic E-state index is 0.446. The zero-order valence-electron chi connectivity index (χ0n) is 12.9. The molecule has 0 atom stereocenters. The summed E-state index contributed by atoms with van der Waals surface area (Å²) in [6.45, 7) is 1.88. The molecular formula is C12H21N9. The van der Waals surface area contributed by atoms with Crippen molar-refractivity contribution in [2.24, 2.45) is 0 Å². The average molecular weight is 291 g/mol. The van der Waals surface area contributed by atoms with Crippen molar-refractivity contribution in [3.63, 3.8) is 0 Å². The van der Waals surface area contributed by atoms with Crippen LogP contribution in [0.3, 0.4) is 0 Å². The number of rotatable bonds is 7. The van der Waals surface area contributed by atoms with Gasteiger partial charge in [-0.3, -0.25) is 0 Å². The Hall–Kier alpha value is -2.29. The highest BCUT2D eigenvalue weighted by Crippen LogP contribution is 2.11. The van der Waals surface area contributed by atoms with E-state index in [1.54, 1.807) is 13.4 Å². The van der Waals surface area contributed by atoms with Gasteiger partial charge in [-0.15, -0.1) is 0 Å². The Bertz CT molecular complexity index is 552. The third-order valence-electron chi connectivity index (χ3n) is 2.90. The second-order valence-corrected chi connectivity index (χ2v) is 4.93. The fourth-order valence-corrected chi connectivity index (χ4v) is 1.77. The van der Waals surface area contributed by atoms with Crippen LogP contribution in [0.4, 0.5) is 11.9 Å². The number of nitrogens with zero attached hydrogens (tertiary/aromatic N) is 8. The molecular weight excluding hydrogens is 270 g/mol. The smallest absolute Gasteiger partial charge is 0.258 e. The largest absolute Gasteiger partial charge is 0.357 e. The number of aromatic nitrogens is 6. The van der Waals surface area contributed by atoms with Gasteiger partial charge in [0.2, 0.25) is 11.9 Å². The van der Waals surface area contributed by atoms with Gasteiger partial charge in [-0.25, -0.2) is 4.98 Å². The second-order valence-electron chi connectivity index (χ2n) is 4.93. The van der Waals surface area contributed by atoms with Crippen LogP contribution in [0.5, 0.6) is 0 Å². The lowest BCUT2D eigenvalue weighted by Crippen LogP contribution is -2.26. The Kier molecular flexibility index (Phi) is 4.99. The molecule has 9 heteroatoms. The van der Waals surface area contributed by atoms with Crippen molar-refractivity contribution in [3.8, 4) is 5.95 Å². The highest BCUT2D eigenvalue weighted by atomic mass is 15.4. The molecule has 2 rings (SSSR count). The van der Waals surface area contributed by atoms with E-state index in [9.17, 15) is 0 Å². The highest BCUT2D eigenvalue weighted by molar-refractivity contribution is 5.38. The Morgan fingerprint density at radius 3 is 2.57 bits per heavy atom. The molecule has 0 unspecified atom stereocenters. The summed E-state index contributed by atoms with van der Waals surface area (Å²) in [6, 6.07) is 0. The van der Waals surface area contributed by atoms with Crippen LogP contribution in [0.2, 0.25) is 0 Å². The van der Waals surface area contributed by atoms with E-state index >= 15 is 0 Å². The first-order valence-corrected chi connectivity index (χ1v) is 6.75. The van der Waals surface area contributed by atoms with E-state index in [4.69, 9.17) is 0 Å². The van der Waals surface area contributed by atoms with E-state index < -0.39 is 0 Å². The Balaban J connectivity index is 2.16. The summed E-state index contributed by atoms with van der Waals surface area (Å²) in [6.07, 6.45) is 4.04. The molecule has 0 aromatic carbocycles. The van der Waals surface area contributed by atoms with Crippen LogP contribution < -0.4 is 10.2 Å². The first-order valence-electron chi connectivity index (χ1n) is 6.75. The standard InChI is InChI=1S/C12H21N9/c1-13-10-16-11(20(4)7-5-6-19(2)3)18-12(17-10)21-9-14-8-15-21/h8-9H,5-7H2,1-4H3,(H,13,16,17,18). The summed E-state index contributed by atoms with van der Waals surface area (Å²) in [5.74, 6) is 1.56. The predicted octanol–water partition coefficient (Wildman–Crippen LogP) is -0.118. The molecule has 0 aliphatic carbocycles. The van der Waals surface area contributed by atoms with Crippen LogP contribution in [-0.4, -0.2) is 75.9 Å². The molecule has 1 N–H and O–H groups in total. The molecule has 0 spiro atoms. The Morgan fingerprint density at radius 1 is 1.14 bits per heavy atom. The molecule has 114 valence electrons. The Labute approximate surface area is 124 Å². The molecule has 0 aliphatic heterocycles. The molecule has 0 fully saturated rings. The summed E-state index contributed by atoms with van der Waals surface area (Å²) in [5, 5.41) is 6.99. The van der Waals surface area contributed by atoms with E-state index in [0.717, 1.165) is 19.5 Å². The summed E-state index contributed by atoms with van der Waals surface area (Å²) >= 11 is 0. The van der Waals surface area contributed by atoms with Crippen molar-refractivity contribution in [2.45, 2.75) is 6.42 Å². The van der Waals surface area contributed by atoms with Gasteiger partial charge in [0.05, 0.1) is 0 Å². The van der Waals surface area contributed by atoms with Crippen molar-refractivity contribution in [2.75, 3.05) is 51.5 Å². The van der Waals surface area contributed by atoms with Gasteiger partial charge in [0.1, 0.15) is 12.7 Å². The highest BCUT2D eigenvalue weighted by Gasteiger charge is 2.11. The lowest BCUT2D eigenvalue weighted by molar-refractivity contribution is 0.401. The van der Waals surface area contributed by atoms with E-state index in [2.05, 4.69) is 49.3 Å². The van der Waals surface area contributed by atoms with Crippen LogP contribution in [0, 0.1) is 0 Å². The predicted molar refractivity (Wildman–Crippen MR) is 80.7 cm³/mol. The number of hydrogen-bond donors (Lipinski definition) is 1. The molecule has 0 radical (unpaired) electrons. The molecule has 2 aromatic heterocycles. The monoisotopic (exact) mass is 291 g/mol. The molecule has 9 nitrogen and oxygen atoms in total. The van der Waals surface area contributed by atoms with E-state index in [1.165, 1.54) is 11.0 Å². The van der Waals surface area contributed by atoms with Crippen LogP contribution in [0.25, 0.3) is 5.95 Å². The molecule has 21 heavy (non-hydrogen) atoms. The van der Waals surface area contributed by atoms with Crippen molar-refractivity contribution in [1.29, 1.82) is 0 Å². The van der Waals surface area contributed by atoms with Gasteiger partial charge in [-0.1, -0.05) is 0 Å². The van der Waals surface area contributed by atoms with Crippen LogP contribution in [0.15, 0.2) is 12.7 Å². The van der Waals surface area contributed by atoms with Gasteiger partial charge < -0.3 is 15.1 Å². The summed E-state index contributed by atoms with van der Waals surface area (Å²) in [4.78, 5) is 21.2. The zero-order chi connectivity index (χ0) is 15.2. The van der Waals surface area contributed by atoms with Crippen molar-refractivity contribution in [1.82, 2.24) is 34.6 Å². The quantitative estimate of drug-likeness (QED) is 0.755. The average Bonchev–Trinajstić information content (AvgIpc) is 3.00. The normalized spacial score (nSPS) is 10.9. The number of anilines is 2. The van der Waals surface area contributed by atoms with Crippen molar-refractivity contribution >= 4 is 11.9 Å². The fourth-order valence-electron chi connectivity index (χ4n) is 1.77. The van der Waals surface area contributed by atoms with E-state index in [1.807, 2.05) is 11.9 Å². The van der Waals surface area contributed by atoms with Gasteiger partial charge >= 0.3 is 0 Å². The van der Waals surface area contributed by atoms with E-state index in [0.29, 0.717) is 17.8 Å². The third kappa shape index (κ3) is 4.09. The fraction of sp³-hybridized carbons (Fsp3) is 0.583. The molecule has 0 aliphatic rings. The first-order chi connectivity index (χ1) is 10.1. The minimum atomic E-state index is 0.446. The van der Waals surface area contributed by atoms with E-state index in [-0.39, 0.29) is 0 Å². The van der Waals surface area contributed by atoms with Crippen molar-refractivity contribution < 1.29 is 0 Å². The van der Waals surface area contributed by atoms with Gasteiger partial charge in [-0.2, -0.15) is 24.7 Å². The molecule has 0 saturated carbocycles. The lowest BCUT2D eigenvalue weighted by atomic mass is 10.4. The lowest BCUT2D eigenvalue weighted by Gasteiger charge is -2.19. The number of nitrogens with one attached hydrogen (secondary N) is 1. The second kappa shape index (κ2) is 6.93. The molecule has 2 aromatic rings. The summed E-state index contributed by atoms with van der Waals surface area (Å²) in [5.41, 5.74) is 0. The van der Waals surface area contributed by atoms with Crippen molar-refractivity contribution in [3.05, 3.63) is 12.7 Å². The number of hydrogen-bond acceptors (Lipinski definition) is 8. The van der Waals surface area contributed by atoms with Crippen LogP contribution in [0.1, 0.15) is 6.42 Å². The maximum Gasteiger partial charge on any atom is 0.258 e. The SMILES string of the molecule is CNc1nc(N(C)CCCN(C)C)nc(-n2cncn2)n1. The van der Waals surface area contributed by atoms with Gasteiger partial charge in [0, 0.05) is 20.6 Å². The molecule has 0 saturated heterocycles. The van der Waals surface area contributed by atoms with Crippen LogP contribution in [-0.2, 0) is 0 Å². The van der Waals surface area contributed by atoms with Gasteiger partial charge in [0.15, 0.2) is 0 Å². The molecule has 0 amide bonds. The first kappa shape index (κ1) is 15.1. The molecule has 0 bridgehead atoms. The van der Waals surface area contributed by atoms with Crippen LogP contribution >= 0.6 is 0 Å². The third-order valence-corrected chi connectivity index (χ3v) is 2.90.